The van der Waals surface area contributed by atoms with Crippen molar-refractivity contribution >= 4 is 17.2 Å². The van der Waals surface area contributed by atoms with Gasteiger partial charge in [0, 0.05) is 23.7 Å². The smallest absolute Gasteiger partial charge is 0.268 e. The third-order valence-electron chi connectivity index (χ3n) is 4.76. The number of hydrogen-bond acceptors (Lipinski definition) is 4. The largest absolute Gasteiger partial charge is 0.336 e. The number of thiophene rings is 1. The average Bonchev–Trinajstić information content (AvgIpc) is 3.13. The Hall–Kier alpha value is -2.86. The van der Waals surface area contributed by atoms with Gasteiger partial charge in [0.25, 0.3) is 5.56 Å². The Bertz CT molecular complexity index is 994. The van der Waals surface area contributed by atoms with Crippen molar-refractivity contribution in [3.05, 3.63) is 92.0 Å². The molecule has 4 rings (SSSR count). The molecule has 6 heteroatoms. The maximum atomic E-state index is 13.1. The summed E-state index contributed by atoms with van der Waals surface area (Å²) in [5.41, 5.74) is 2.78. The van der Waals surface area contributed by atoms with Gasteiger partial charge in [0.15, 0.2) is 0 Å². The molecule has 0 radical (unpaired) electrons. The Morgan fingerprint density at radius 2 is 1.96 bits per heavy atom. The lowest BCUT2D eigenvalue weighted by Gasteiger charge is -2.36. The molecular formula is C20H19N3O2S. The second-order valence-corrected chi connectivity index (χ2v) is 7.41. The zero-order valence-corrected chi connectivity index (χ0v) is 15.0. The number of hydrogen-bond donors (Lipinski definition) is 1. The summed E-state index contributed by atoms with van der Waals surface area (Å²) in [6.45, 7) is 0.689. The zero-order chi connectivity index (χ0) is 18.1. The summed E-state index contributed by atoms with van der Waals surface area (Å²) >= 11 is 1.75. The normalized spacial score (nSPS) is 16.3. The molecule has 0 saturated heterocycles. The number of benzene rings is 1. The van der Waals surface area contributed by atoms with Crippen LogP contribution in [-0.4, -0.2) is 22.0 Å². The van der Waals surface area contributed by atoms with E-state index in [9.17, 15) is 9.59 Å². The third-order valence-corrected chi connectivity index (χ3v) is 5.75. The fourth-order valence-electron chi connectivity index (χ4n) is 3.51. The van der Waals surface area contributed by atoms with Crippen molar-refractivity contribution in [3.63, 3.8) is 0 Å². The molecule has 2 N–H and O–H groups in total. The summed E-state index contributed by atoms with van der Waals surface area (Å²) in [7, 11) is 0. The van der Waals surface area contributed by atoms with Crippen molar-refractivity contribution in [3.8, 4) is 0 Å². The van der Waals surface area contributed by atoms with E-state index in [4.69, 9.17) is 5.84 Å². The van der Waals surface area contributed by atoms with Crippen LogP contribution in [0.3, 0.4) is 0 Å². The fourth-order valence-corrected chi connectivity index (χ4v) is 4.41. The molecular weight excluding hydrogens is 346 g/mol. The molecule has 3 heterocycles. The topological polar surface area (TPSA) is 68.3 Å². The number of amides is 1. The number of carbonyl (C=O) groups excluding carboxylic acids is 1. The summed E-state index contributed by atoms with van der Waals surface area (Å²) in [4.78, 5) is 27.8. The van der Waals surface area contributed by atoms with E-state index < -0.39 is 0 Å². The van der Waals surface area contributed by atoms with Crippen LogP contribution in [0.1, 0.15) is 27.6 Å². The Kier molecular flexibility index (Phi) is 4.34. The van der Waals surface area contributed by atoms with E-state index in [-0.39, 0.29) is 23.9 Å². The lowest BCUT2D eigenvalue weighted by molar-refractivity contribution is -0.132. The fraction of sp³-hybridized carbons (Fsp3) is 0.200. The number of pyridine rings is 1. The van der Waals surface area contributed by atoms with E-state index in [1.807, 2.05) is 23.1 Å². The molecule has 5 nitrogen and oxygen atoms in total. The summed E-state index contributed by atoms with van der Waals surface area (Å²) in [5, 5.41) is 2.10. The number of rotatable bonds is 3. The molecule has 1 amide bonds. The van der Waals surface area contributed by atoms with Crippen LogP contribution in [0.2, 0.25) is 0 Å². The number of nitrogen functional groups attached to an aromatic ring is 1. The van der Waals surface area contributed by atoms with Crippen LogP contribution in [0.4, 0.5) is 0 Å². The molecule has 132 valence electrons. The van der Waals surface area contributed by atoms with Gasteiger partial charge in [-0.25, -0.2) is 4.68 Å². The monoisotopic (exact) mass is 365 g/mol. The molecule has 0 aliphatic carbocycles. The Labute approximate surface area is 155 Å². The number of fused-ring (bicyclic) bond motifs is 1. The van der Waals surface area contributed by atoms with E-state index in [0.717, 1.165) is 22.2 Å². The minimum atomic E-state index is -0.288. The van der Waals surface area contributed by atoms with Gasteiger partial charge in [-0.3, -0.25) is 9.59 Å². The molecule has 1 aromatic carbocycles. The van der Waals surface area contributed by atoms with E-state index in [0.29, 0.717) is 6.54 Å². The van der Waals surface area contributed by atoms with Gasteiger partial charge in [-0.15, -0.1) is 11.3 Å². The average molecular weight is 365 g/mol. The summed E-state index contributed by atoms with van der Waals surface area (Å²) in [6.07, 6.45) is 2.62. The second-order valence-electron chi connectivity index (χ2n) is 6.41. The Morgan fingerprint density at radius 1 is 1.15 bits per heavy atom. The van der Waals surface area contributed by atoms with Crippen LogP contribution in [0, 0.1) is 0 Å². The predicted octanol–water partition coefficient (Wildman–Crippen LogP) is 2.34. The highest BCUT2D eigenvalue weighted by atomic mass is 32.1. The van der Waals surface area contributed by atoms with Crippen LogP contribution in [-0.2, 0) is 17.6 Å². The van der Waals surface area contributed by atoms with Crippen LogP contribution in [0.15, 0.2) is 64.9 Å². The lowest BCUT2D eigenvalue weighted by Crippen LogP contribution is -2.41. The van der Waals surface area contributed by atoms with Crippen LogP contribution >= 0.6 is 11.3 Å². The molecule has 0 spiro atoms. The van der Waals surface area contributed by atoms with Gasteiger partial charge in [-0.1, -0.05) is 36.4 Å². The van der Waals surface area contributed by atoms with E-state index in [1.54, 1.807) is 17.4 Å². The number of nitrogens with zero attached hydrogens (tertiary/aromatic N) is 2. The van der Waals surface area contributed by atoms with Gasteiger partial charge in [0.1, 0.15) is 0 Å². The second kappa shape index (κ2) is 6.80. The molecule has 1 atom stereocenters. The first kappa shape index (κ1) is 16.6. The van der Waals surface area contributed by atoms with Gasteiger partial charge in [-0.05, 0) is 34.6 Å². The van der Waals surface area contributed by atoms with E-state index >= 15 is 0 Å². The minimum Gasteiger partial charge on any atom is -0.336 e. The Balaban J connectivity index is 1.66. The van der Waals surface area contributed by atoms with Crippen LogP contribution in [0.5, 0.6) is 0 Å². The van der Waals surface area contributed by atoms with E-state index in [2.05, 4.69) is 23.6 Å². The van der Waals surface area contributed by atoms with Crippen molar-refractivity contribution in [2.24, 2.45) is 0 Å². The first-order valence-corrected chi connectivity index (χ1v) is 9.39. The molecule has 1 aliphatic rings. The quantitative estimate of drug-likeness (QED) is 0.725. The third kappa shape index (κ3) is 3.04. The predicted molar refractivity (Wildman–Crippen MR) is 103 cm³/mol. The number of aromatic nitrogens is 1. The summed E-state index contributed by atoms with van der Waals surface area (Å²) in [5.74, 6) is 5.66. The SMILES string of the molecule is Nn1cc(CC(=O)N2CCc3sccc3C2c2ccccc2)ccc1=O. The maximum Gasteiger partial charge on any atom is 0.268 e. The highest BCUT2D eigenvalue weighted by Gasteiger charge is 2.32. The van der Waals surface area contributed by atoms with Crippen molar-refractivity contribution in [2.45, 2.75) is 18.9 Å². The molecule has 1 aliphatic heterocycles. The molecule has 0 bridgehead atoms. The molecule has 26 heavy (non-hydrogen) atoms. The van der Waals surface area contributed by atoms with Crippen molar-refractivity contribution < 1.29 is 4.79 Å². The number of carbonyl (C=O) groups is 1. The lowest BCUT2D eigenvalue weighted by atomic mass is 9.93. The van der Waals surface area contributed by atoms with Crippen molar-refractivity contribution in [1.29, 1.82) is 0 Å². The number of nitrogens with two attached hydrogens (primary N) is 1. The van der Waals surface area contributed by atoms with Gasteiger partial charge in [0.2, 0.25) is 5.91 Å². The van der Waals surface area contributed by atoms with Gasteiger partial charge < -0.3 is 10.7 Å². The minimum absolute atomic E-state index is 0.0364. The van der Waals surface area contributed by atoms with E-state index in [1.165, 1.54) is 22.7 Å². The molecule has 3 aromatic rings. The standard InChI is InChI=1S/C20H19N3O2S/c21-23-13-14(6-7-18(23)24)12-19(25)22-10-8-17-16(9-11-26-17)20(22)15-4-2-1-3-5-15/h1-7,9,11,13,20H,8,10,12,21H2. The molecule has 2 aromatic heterocycles. The van der Waals surface area contributed by atoms with Gasteiger partial charge in [-0.2, -0.15) is 0 Å². The van der Waals surface area contributed by atoms with Crippen LogP contribution < -0.4 is 11.4 Å². The summed E-state index contributed by atoms with van der Waals surface area (Å²) in [6, 6.07) is 15.2. The molecule has 0 fully saturated rings. The van der Waals surface area contributed by atoms with Crippen molar-refractivity contribution in [1.82, 2.24) is 9.58 Å². The van der Waals surface area contributed by atoms with Gasteiger partial charge >= 0.3 is 0 Å². The van der Waals surface area contributed by atoms with Gasteiger partial charge in [0.05, 0.1) is 12.5 Å². The molecule has 1 unspecified atom stereocenters. The van der Waals surface area contributed by atoms with Crippen LogP contribution in [0.25, 0.3) is 0 Å². The highest BCUT2D eigenvalue weighted by molar-refractivity contribution is 7.10. The summed E-state index contributed by atoms with van der Waals surface area (Å²) < 4.78 is 1.02. The van der Waals surface area contributed by atoms with Crippen molar-refractivity contribution in [2.75, 3.05) is 12.4 Å². The maximum absolute atomic E-state index is 13.1. The highest BCUT2D eigenvalue weighted by Crippen LogP contribution is 2.37. The first-order chi connectivity index (χ1) is 12.6. The first-order valence-electron chi connectivity index (χ1n) is 8.51. The zero-order valence-electron chi connectivity index (χ0n) is 14.2. The molecule has 0 saturated carbocycles. The Morgan fingerprint density at radius 3 is 2.73 bits per heavy atom.